The summed E-state index contributed by atoms with van der Waals surface area (Å²) in [4.78, 5) is 4.23. The maximum Gasteiger partial charge on any atom is 0.226 e. The minimum atomic E-state index is -0.110. The Labute approximate surface area is 84.2 Å². The molecule has 0 amide bonds. The summed E-state index contributed by atoms with van der Waals surface area (Å²) in [5, 5.41) is 4.72. The molecule has 0 N–H and O–H groups in total. The molecule has 0 radical (unpaired) electrons. The highest BCUT2D eigenvalue weighted by Gasteiger charge is 2.02. The fraction of sp³-hybridized carbons (Fsp3) is 0.222. The molecule has 0 aliphatic heterocycles. The minimum absolute atomic E-state index is 0.110. The van der Waals surface area contributed by atoms with Gasteiger partial charge >= 0.3 is 0 Å². The molecular formula is C9H9NOS2. The van der Waals surface area contributed by atoms with Crippen molar-refractivity contribution in [2.45, 2.75) is 4.34 Å². The molecule has 1 heterocycles. The summed E-state index contributed by atoms with van der Waals surface area (Å²) < 4.78 is 6.12. The molecule has 0 aliphatic rings. The summed E-state index contributed by atoms with van der Waals surface area (Å²) >= 11 is 1.54. The van der Waals surface area contributed by atoms with Crippen molar-refractivity contribution in [3.63, 3.8) is 0 Å². The van der Waals surface area contributed by atoms with Crippen molar-refractivity contribution in [3.8, 4) is 18.2 Å². The van der Waals surface area contributed by atoms with Gasteiger partial charge in [-0.05, 0) is 12.8 Å². The predicted molar refractivity (Wildman–Crippen MR) is 58.9 cm³/mol. The van der Waals surface area contributed by atoms with Gasteiger partial charge in [0.1, 0.15) is 0 Å². The number of hydrogen-bond donors (Lipinski definition) is 0. The molecule has 2 nitrogen and oxygen atoms in total. The van der Waals surface area contributed by atoms with E-state index in [-0.39, 0.29) is 17.1 Å². The maximum atomic E-state index is 5.15. The lowest BCUT2D eigenvalue weighted by atomic mass is 10.7. The average Bonchev–Trinajstić information content (AvgIpc) is 2.62. The van der Waals surface area contributed by atoms with E-state index in [0.29, 0.717) is 5.88 Å². The van der Waals surface area contributed by atoms with Crippen LogP contribution < -0.4 is 4.74 Å². The normalized spacial score (nSPS) is 11.4. The fourth-order valence-corrected chi connectivity index (χ4v) is 2.34. The Morgan fingerprint density at radius 2 is 2.62 bits per heavy atom. The Kier molecular flexibility index (Phi) is 3.78. The van der Waals surface area contributed by atoms with Crippen LogP contribution in [0.25, 0.3) is 0 Å². The van der Waals surface area contributed by atoms with Crippen LogP contribution >= 0.6 is 21.8 Å². The highest BCUT2D eigenvalue weighted by atomic mass is 32.2. The number of hydrogen-bond acceptors (Lipinski definition) is 3. The molecule has 0 spiro atoms. The first-order chi connectivity index (χ1) is 6.27. The molecule has 4 heteroatoms. The summed E-state index contributed by atoms with van der Waals surface area (Å²) in [6.45, 7) is 3.85. The minimum Gasteiger partial charge on any atom is -0.464 e. The van der Waals surface area contributed by atoms with Crippen LogP contribution in [0.1, 0.15) is 0 Å². The number of ether oxygens (including phenoxy) is 1. The van der Waals surface area contributed by atoms with Crippen LogP contribution in [-0.2, 0) is 0 Å². The topological polar surface area (TPSA) is 22.1 Å². The standard InChI is InChI=1S/C9H9NOS2/c1-4-6-11-8-7-12-9(10-8)13(3)5-2/h1,7H,2,6H2,3H3. The number of aromatic nitrogens is 1. The van der Waals surface area contributed by atoms with Gasteiger partial charge in [0.05, 0.1) is 5.38 Å². The van der Waals surface area contributed by atoms with Gasteiger partial charge in [-0.1, -0.05) is 21.4 Å². The van der Waals surface area contributed by atoms with Gasteiger partial charge < -0.3 is 4.74 Å². The van der Waals surface area contributed by atoms with Gasteiger partial charge in [0, 0.05) is 0 Å². The Morgan fingerprint density at radius 1 is 1.85 bits per heavy atom. The Morgan fingerprint density at radius 3 is 3.23 bits per heavy atom. The molecule has 0 saturated heterocycles. The van der Waals surface area contributed by atoms with E-state index < -0.39 is 0 Å². The van der Waals surface area contributed by atoms with Crippen LogP contribution in [0.5, 0.6) is 5.88 Å². The molecule has 13 heavy (non-hydrogen) atoms. The SMILES string of the molecule is C#CCOc1csc(S(C)=C=C)n1. The second-order valence-electron chi connectivity index (χ2n) is 2.10. The number of terminal acetylenes is 1. The third-order valence-corrected chi connectivity index (χ3v) is 3.94. The zero-order valence-electron chi connectivity index (χ0n) is 7.24. The first-order valence-electron chi connectivity index (χ1n) is 3.48. The molecule has 0 saturated carbocycles. The van der Waals surface area contributed by atoms with Gasteiger partial charge in [-0.2, -0.15) is 4.98 Å². The monoisotopic (exact) mass is 211 g/mol. The van der Waals surface area contributed by atoms with E-state index in [0.717, 1.165) is 4.34 Å². The lowest BCUT2D eigenvalue weighted by Crippen LogP contribution is -1.92. The van der Waals surface area contributed by atoms with Crippen LogP contribution in [0.15, 0.2) is 16.3 Å². The van der Waals surface area contributed by atoms with Crippen molar-refractivity contribution in [2.24, 2.45) is 0 Å². The predicted octanol–water partition coefficient (Wildman–Crippen LogP) is 2.00. The number of nitrogens with zero attached hydrogens (tertiary/aromatic N) is 1. The molecule has 0 bridgehead atoms. The van der Waals surface area contributed by atoms with Crippen LogP contribution in [0.3, 0.4) is 0 Å². The smallest absolute Gasteiger partial charge is 0.226 e. The van der Waals surface area contributed by atoms with Crippen molar-refractivity contribution >= 4 is 26.8 Å². The van der Waals surface area contributed by atoms with Gasteiger partial charge in [-0.25, -0.2) is 0 Å². The highest BCUT2D eigenvalue weighted by molar-refractivity contribution is 8.15. The first-order valence-corrected chi connectivity index (χ1v) is 5.99. The lowest BCUT2D eigenvalue weighted by molar-refractivity contribution is 0.356. The Balaban J connectivity index is 2.76. The van der Waals surface area contributed by atoms with E-state index in [4.69, 9.17) is 11.2 Å². The molecule has 1 atom stereocenters. The zero-order valence-corrected chi connectivity index (χ0v) is 8.87. The fourth-order valence-electron chi connectivity index (χ4n) is 0.628. The molecule has 0 fully saturated rings. The Bertz CT molecular complexity index is 383. The van der Waals surface area contributed by atoms with Crippen LogP contribution in [0, 0.1) is 12.3 Å². The first kappa shape index (κ1) is 10.1. The van der Waals surface area contributed by atoms with E-state index in [1.165, 1.54) is 11.3 Å². The van der Waals surface area contributed by atoms with E-state index in [1.54, 1.807) is 0 Å². The second kappa shape index (κ2) is 4.88. The van der Waals surface area contributed by atoms with Gasteiger partial charge in [0.25, 0.3) is 0 Å². The van der Waals surface area contributed by atoms with E-state index in [1.807, 2.05) is 11.6 Å². The van der Waals surface area contributed by atoms with Crippen LogP contribution in [0.4, 0.5) is 0 Å². The van der Waals surface area contributed by atoms with Gasteiger partial charge in [-0.15, -0.1) is 17.8 Å². The van der Waals surface area contributed by atoms with E-state index >= 15 is 0 Å². The van der Waals surface area contributed by atoms with Crippen molar-refractivity contribution in [1.29, 1.82) is 0 Å². The largest absolute Gasteiger partial charge is 0.464 e. The molecule has 68 valence electrons. The number of thiazole rings is 1. The Hall–Kier alpha value is -1.01. The quantitative estimate of drug-likeness (QED) is 0.563. The highest BCUT2D eigenvalue weighted by Crippen LogP contribution is 2.28. The number of rotatable bonds is 3. The molecule has 1 rings (SSSR count). The van der Waals surface area contributed by atoms with Crippen LogP contribution in [-0.4, -0.2) is 22.9 Å². The molecule has 1 aromatic heterocycles. The maximum absolute atomic E-state index is 5.15. The van der Waals surface area contributed by atoms with Gasteiger partial charge in [0.15, 0.2) is 10.9 Å². The van der Waals surface area contributed by atoms with Crippen molar-refractivity contribution in [3.05, 3.63) is 12.0 Å². The summed E-state index contributed by atoms with van der Waals surface area (Å²) in [5.41, 5.74) is 0. The summed E-state index contributed by atoms with van der Waals surface area (Å²) in [7, 11) is -0.110. The summed E-state index contributed by atoms with van der Waals surface area (Å²) in [5.74, 6) is 2.98. The average molecular weight is 211 g/mol. The second-order valence-corrected chi connectivity index (χ2v) is 4.91. The molecule has 1 unspecified atom stereocenters. The van der Waals surface area contributed by atoms with Gasteiger partial charge in [-0.3, -0.25) is 0 Å². The molecule has 1 aromatic rings. The van der Waals surface area contributed by atoms with E-state index in [2.05, 4.69) is 22.5 Å². The summed E-state index contributed by atoms with van der Waals surface area (Å²) in [6, 6.07) is 0. The van der Waals surface area contributed by atoms with Crippen molar-refractivity contribution in [1.82, 2.24) is 4.98 Å². The lowest BCUT2D eigenvalue weighted by Gasteiger charge is -1.94. The third-order valence-electron chi connectivity index (χ3n) is 1.24. The third kappa shape index (κ3) is 2.74. The zero-order chi connectivity index (χ0) is 9.68. The molecular weight excluding hydrogens is 202 g/mol. The summed E-state index contributed by atoms with van der Waals surface area (Å²) in [6.07, 6.45) is 7.06. The van der Waals surface area contributed by atoms with Crippen molar-refractivity contribution in [2.75, 3.05) is 12.9 Å². The van der Waals surface area contributed by atoms with Crippen molar-refractivity contribution < 1.29 is 4.74 Å². The molecule has 0 aromatic carbocycles. The van der Waals surface area contributed by atoms with Gasteiger partial charge in [0.2, 0.25) is 5.88 Å². The van der Waals surface area contributed by atoms with E-state index in [9.17, 15) is 0 Å². The van der Waals surface area contributed by atoms with Crippen LogP contribution in [0.2, 0.25) is 0 Å². The molecule has 0 aliphatic carbocycles.